The van der Waals surface area contributed by atoms with E-state index in [-0.39, 0.29) is 16.8 Å². The minimum Gasteiger partial charge on any atom is -0.380 e. The van der Waals surface area contributed by atoms with Gasteiger partial charge in [0.15, 0.2) is 5.85 Å². The van der Waals surface area contributed by atoms with Crippen molar-refractivity contribution in [2.75, 3.05) is 6.16 Å². The van der Waals surface area contributed by atoms with Gasteiger partial charge in [0.05, 0.1) is 6.16 Å². The first kappa shape index (κ1) is 15.2. The standard InChI is InChI=1S/C2H8O7P2.Co/c3-2(11(7,8)9)1-10(4,5)6;/h2-3H,1H2,(H2,4,5,6)(H2,7,8,9);. The summed E-state index contributed by atoms with van der Waals surface area (Å²) in [6.45, 7) is 0. The van der Waals surface area contributed by atoms with Gasteiger partial charge in [-0.25, -0.2) is 0 Å². The van der Waals surface area contributed by atoms with Crippen LogP contribution >= 0.6 is 15.2 Å². The quantitative estimate of drug-likeness (QED) is 0.398. The van der Waals surface area contributed by atoms with Crippen LogP contribution in [0.15, 0.2) is 0 Å². The molecule has 0 heterocycles. The van der Waals surface area contributed by atoms with Gasteiger partial charge in [-0.05, 0) is 0 Å². The van der Waals surface area contributed by atoms with Gasteiger partial charge in [0, 0.05) is 16.8 Å². The van der Waals surface area contributed by atoms with Gasteiger partial charge in [0.25, 0.3) is 0 Å². The summed E-state index contributed by atoms with van der Waals surface area (Å²) in [7, 11) is -9.35. The molecule has 0 spiro atoms. The van der Waals surface area contributed by atoms with Crippen LogP contribution in [0.2, 0.25) is 0 Å². The molecule has 5 N–H and O–H groups in total. The number of hydrogen-bond acceptors (Lipinski definition) is 3. The van der Waals surface area contributed by atoms with E-state index in [1.54, 1.807) is 0 Å². The van der Waals surface area contributed by atoms with Crippen LogP contribution in [-0.2, 0) is 25.9 Å². The van der Waals surface area contributed by atoms with Gasteiger partial charge in [0.1, 0.15) is 0 Å². The van der Waals surface area contributed by atoms with E-state index in [0.717, 1.165) is 0 Å². The van der Waals surface area contributed by atoms with Gasteiger partial charge in [-0.1, -0.05) is 0 Å². The molecule has 0 fully saturated rings. The second-order valence-electron chi connectivity index (χ2n) is 1.92. The van der Waals surface area contributed by atoms with Crippen LogP contribution in [0, 0.1) is 0 Å². The van der Waals surface area contributed by atoms with E-state index in [1.807, 2.05) is 0 Å². The first-order chi connectivity index (χ1) is 4.63. The van der Waals surface area contributed by atoms with Crippen LogP contribution < -0.4 is 0 Å². The molecule has 0 saturated heterocycles. The third-order valence-corrected chi connectivity index (χ3v) is 2.86. The Bertz CT molecular complexity index is 215. The molecule has 1 atom stereocenters. The second kappa shape index (κ2) is 4.85. The summed E-state index contributed by atoms with van der Waals surface area (Å²) >= 11 is 0. The summed E-state index contributed by atoms with van der Waals surface area (Å²) in [6.07, 6.45) is -1.22. The minimum absolute atomic E-state index is 0. The number of hydrogen-bond donors (Lipinski definition) is 5. The van der Waals surface area contributed by atoms with Crippen LogP contribution in [0.5, 0.6) is 0 Å². The van der Waals surface area contributed by atoms with Crippen molar-refractivity contribution in [3.05, 3.63) is 0 Å². The molecule has 0 rings (SSSR count). The monoisotopic (exact) mass is 265 g/mol. The van der Waals surface area contributed by atoms with Gasteiger partial charge in [-0.15, -0.1) is 0 Å². The Labute approximate surface area is 78.3 Å². The molecule has 0 aliphatic heterocycles. The largest absolute Gasteiger partial charge is 0.380 e. The van der Waals surface area contributed by atoms with Crippen LogP contribution in [0.3, 0.4) is 0 Å². The minimum atomic E-state index is -4.79. The van der Waals surface area contributed by atoms with E-state index < -0.39 is 27.2 Å². The summed E-state index contributed by atoms with van der Waals surface area (Å²) in [4.78, 5) is 32.7. The maximum Gasteiger partial charge on any atom is 0.354 e. The van der Waals surface area contributed by atoms with E-state index in [1.165, 1.54) is 0 Å². The van der Waals surface area contributed by atoms with Gasteiger partial charge in [-0.2, -0.15) is 0 Å². The summed E-state index contributed by atoms with van der Waals surface area (Å²) in [5.74, 6) is -2.29. The van der Waals surface area contributed by atoms with Gasteiger partial charge >= 0.3 is 15.2 Å². The Morgan fingerprint density at radius 1 is 1.08 bits per heavy atom. The van der Waals surface area contributed by atoms with E-state index in [9.17, 15) is 9.13 Å². The van der Waals surface area contributed by atoms with Crippen LogP contribution in [-0.4, -0.2) is 36.7 Å². The molecular formula is C2H8CoO7P2. The summed E-state index contributed by atoms with van der Waals surface area (Å²) in [5.41, 5.74) is 0. The van der Waals surface area contributed by atoms with Crippen LogP contribution in [0.1, 0.15) is 0 Å². The molecule has 10 heteroatoms. The summed E-state index contributed by atoms with van der Waals surface area (Å²) < 4.78 is 20.2. The molecule has 77 valence electrons. The average Bonchev–Trinajstić information content (AvgIpc) is 1.56. The van der Waals surface area contributed by atoms with Crippen molar-refractivity contribution >= 4 is 15.2 Å². The molecule has 0 aromatic carbocycles. The van der Waals surface area contributed by atoms with Gasteiger partial charge in [-0.3, -0.25) is 9.13 Å². The second-order valence-corrected chi connectivity index (χ2v) is 5.39. The maximum atomic E-state index is 10.1. The molecule has 0 aliphatic rings. The normalized spacial score (nSPS) is 15.1. The Balaban J connectivity index is 0. The molecule has 7 nitrogen and oxygen atoms in total. The number of aliphatic hydroxyl groups excluding tert-OH is 1. The van der Waals surface area contributed by atoms with Crippen molar-refractivity contribution in [2.24, 2.45) is 0 Å². The fourth-order valence-corrected chi connectivity index (χ4v) is 2.23. The summed E-state index contributed by atoms with van der Waals surface area (Å²) in [5, 5.41) is 8.47. The third kappa shape index (κ3) is 7.42. The molecule has 0 saturated carbocycles. The van der Waals surface area contributed by atoms with Crippen molar-refractivity contribution in [1.29, 1.82) is 0 Å². The Morgan fingerprint density at radius 2 is 1.42 bits per heavy atom. The smallest absolute Gasteiger partial charge is 0.354 e. The van der Waals surface area contributed by atoms with Crippen LogP contribution in [0.4, 0.5) is 0 Å². The number of aliphatic hydroxyl groups is 1. The molecule has 1 unspecified atom stereocenters. The first-order valence-corrected chi connectivity index (χ1v) is 5.89. The van der Waals surface area contributed by atoms with E-state index >= 15 is 0 Å². The predicted octanol–water partition coefficient (Wildman–Crippen LogP) is -1.34. The molecule has 0 bridgehead atoms. The zero-order chi connectivity index (χ0) is 9.28. The van der Waals surface area contributed by atoms with Crippen molar-refractivity contribution < 1.29 is 50.6 Å². The molecule has 1 radical (unpaired) electrons. The Hall–Kier alpha value is 0.766. The fourth-order valence-electron chi connectivity index (χ4n) is 0.319. The Kier molecular flexibility index (Phi) is 6.17. The van der Waals surface area contributed by atoms with E-state index in [2.05, 4.69) is 0 Å². The zero-order valence-corrected chi connectivity index (χ0v) is 8.39. The average molecular weight is 265 g/mol. The van der Waals surface area contributed by atoms with E-state index in [4.69, 9.17) is 24.7 Å². The molecule has 12 heavy (non-hydrogen) atoms. The number of rotatable bonds is 3. The molecule has 0 aliphatic carbocycles. The topological polar surface area (TPSA) is 135 Å². The predicted molar refractivity (Wildman–Crippen MR) is 35.0 cm³/mol. The third-order valence-electron chi connectivity index (χ3n) is 0.789. The molecule has 0 aromatic rings. The SMILES string of the molecule is O=P(O)(O)CC(O)P(=O)(O)O.[Co]. The molecule has 0 aromatic heterocycles. The van der Waals surface area contributed by atoms with Crippen molar-refractivity contribution in [3.8, 4) is 0 Å². The Morgan fingerprint density at radius 3 is 1.50 bits per heavy atom. The first-order valence-electron chi connectivity index (χ1n) is 2.41. The maximum absolute atomic E-state index is 10.1. The van der Waals surface area contributed by atoms with Crippen molar-refractivity contribution in [2.45, 2.75) is 5.85 Å². The van der Waals surface area contributed by atoms with E-state index in [0.29, 0.717) is 0 Å². The van der Waals surface area contributed by atoms with Gasteiger partial charge in [0.2, 0.25) is 0 Å². The zero-order valence-electron chi connectivity index (χ0n) is 5.56. The van der Waals surface area contributed by atoms with Gasteiger partial charge < -0.3 is 24.7 Å². The molecule has 0 amide bonds. The van der Waals surface area contributed by atoms with Crippen molar-refractivity contribution in [3.63, 3.8) is 0 Å². The van der Waals surface area contributed by atoms with Crippen molar-refractivity contribution in [1.82, 2.24) is 0 Å². The summed E-state index contributed by atoms with van der Waals surface area (Å²) in [6, 6.07) is 0. The fraction of sp³-hybridized carbons (Fsp3) is 1.00. The molecular weight excluding hydrogens is 257 g/mol. The van der Waals surface area contributed by atoms with Crippen LogP contribution in [0.25, 0.3) is 0 Å².